The average molecular weight is 488 g/mol. The van der Waals surface area contributed by atoms with Gasteiger partial charge in [-0.1, -0.05) is 0 Å². The van der Waals surface area contributed by atoms with E-state index in [1.54, 1.807) is 32.0 Å². The van der Waals surface area contributed by atoms with Gasteiger partial charge < -0.3 is 25.4 Å². The van der Waals surface area contributed by atoms with Gasteiger partial charge in [-0.15, -0.1) is 0 Å². The molecule has 0 bridgehead atoms. The lowest BCUT2D eigenvalue weighted by atomic mass is 10.1. The number of hydrogen-bond acceptors (Lipinski definition) is 8. The van der Waals surface area contributed by atoms with Crippen LogP contribution in [0.4, 0.5) is 23.0 Å². The second kappa shape index (κ2) is 10.8. The Hall–Kier alpha value is -4.60. The molecule has 0 atom stereocenters. The first-order valence-electron chi connectivity index (χ1n) is 11.4. The van der Waals surface area contributed by atoms with Crippen LogP contribution < -0.4 is 25.4 Å². The molecule has 0 radical (unpaired) electrons. The van der Waals surface area contributed by atoms with Crippen LogP contribution >= 0.6 is 0 Å². The monoisotopic (exact) mass is 487 g/mol. The SMILES string of the molecule is CCNc1cc(Nc2ccc(NC(=O)c3cc(-c4cc(OC)ccc4OC)nn3C)cc2)nc(C)n1. The van der Waals surface area contributed by atoms with Gasteiger partial charge >= 0.3 is 0 Å². The summed E-state index contributed by atoms with van der Waals surface area (Å²) < 4.78 is 12.3. The molecule has 1 amide bonds. The number of rotatable bonds is 9. The Kier molecular flexibility index (Phi) is 7.33. The lowest BCUT2D eigenvalue weighted by molar-refractivity contribution is 0.101. The number of nitrogens with one attached hydrogen (secondary N) is 3. The summed E-state index contributed by atoms with van der Waals surface area (Å²) in [5.74, 6) is 3.15. The molecular weight excluding hydrogens is 458 g/mol. The average Bonchev–Trinajstić information content (AvgIpc) is 3.26. The molecule has 0 fully saturated rings. The van der Waals surface area contributed by atoms with Gasteiger partial charge in [0, 0.05) is 36.6 Å². The fourth-order valence-corrected chi connectivity index (χ4v) is 3.71. The lowest BCUT2D eigenvalue weighted by Gasteiger charge is -2.10. The second-order valence-corrected chi connectivity index (χ2v) is 7.98. The van der Waals surface area contributed by atoms with E-state index in [-0.39, 0.29) is 5.91 Å². The van der Waals surface area contributed by atoms with Crippen LogP contribution in [0.5, 0.6) is 11.5 Å². The topological polar surface area (TPSA) is 115 Å². The van der Waals surface area contributed by atoms with Crippen molar-refractivity contribution >= 4 is 28.9 Å². The van der Waals surface area contributed by atoms with Crippen molar-refractivity contribution in [2.24, 2.45) is 7.05 Å². The van der Waals surface area contributed by atoms with Crippen LogP contribution in [0.3, 0.4) is 0 Å². The third kappa shape index (κ3) is 5.54. The third-order valence-electron chi connectivity index (χ3n) is 5.41. The number of carbonyl (C=O) groups is 1. The summed E-state index contributed by atoms with van der Waals surface area (Å²) in [7, 11) is 4.91. The smallest absolute Gasteiger partial charge is 0.273 e. The van der Waals surface area contributed by atoms with E-state index < -0.39 is 0 Å². The Morgan fingerprint density at radius 3 is 2.36 bits per heavy atom. The number of benzene rings is 2. The largest absolute Gasteiger partial charge is 0.497 e. The van der Waals surface area contributed by atoms with Crippen LogP contribution in [0.1, 0.15) is 23.2 Å². The van der Waals surface area contributed by atoms with Crippen molar-refractivity contribution in [3.8, 4) is 22.8 Å². The Labute approximate surface area is 209 Å². The van der Waals surface area contributed by atoms with E-state index in [9.17, 15) is 4.79 Å². The highest BCUT2D eigenvalue weighted by Gasteiger charge is 2.17. The van der Waals surface area contributed by atoms with Crippen molar-refractivity contribution in [3.05, 3.63) is 66.1 Å². The van der Waals surface area contributed by atoms with Gasteiger partial charge in [0.2, 0.25) is 0 Å². The zero-order valence-electron chi connectivity index (χ0n) is 20.9. The van der Waals surface area contributed by atoms with E-state index >= 15 is 0 Å². The molecule has 10 heteroatoms. The molecule has 0 aliphatic rings. The van der Waals surface area contributed by atoms with Gasteiger partial charge in [-0.3, -0.25) is 9.48 Å². The lowest BCUT2D eigenvalue weighted by Crippen LogP contribution is -2.16. The van der Waals surface area contributed by atoms with Crippen molar-refractivity contribution in [2.45, 2.75) is 13.8 Å². The maximum Gasteiger partial charge on any atom is 0.273 e. The van der Waals surface area contributed by atoms with Gasteiger partial charge in [0.1, 0.15) is 34.7 Å². The first-order valence-corrected chi connectivity index (χ1v) is 11.4. The number of amides is 1. The Morgan fingerprint density at radius 1 is 0.944 bits per heavy atom. The molecule has 0 aliphatic carbocycles. The molecule has 0 saturated heterocycles. The van der Waals surface area contributed by atoms with Crippen LogP contribution in [0.2, 0.25) is 0 Å². The fraction of sp³-hybridized carbons (Fsp3) is 0.231. The van der Waals surface area contributed by atoms with Crippen molar-refractivity contribution in [2.75, 3.05) is 36.7 Å². The highest BCUT2D eigenvalue weighted by Crippen LogP contribution is 2.33. The van der Waals surface area contributed by atoms with Gasteiger partial charge in [0.25, 0.3) is 5.91 Å². The molecule has 4 aromatic rings. The summed E-state index contributed by atoms with van der Waals surface area (Å²) in [5.41, 5.74) is 3.24. The maximum absolute atomic E-state index is 13.0. The summed E-state index contributed by atoms with van der Waals surface area (Å²) in [5, 5.41) is 13.9. The molecule has 0 aliphatic heterocycles. The molecular formula is C26H29N7O3. The van der Waals surface area contributed by atoms with E-state index in [0.29, 0.717) is 40.2 Å². The summed E-state index contributed by atoms with van der Waals surface area (Å²) in [6.45, 7) is 4.63. The second-order valence-electron chi connectivity index (χ2n) is 7.98. The van der Waals surface area contributed by atoms with Crippen LogP contribution in [-0.4, -0.2) is 46.4 Å². The number of aromatic nitrogens is 4. The number of methoxy groups -OCH3 is 2. The Balaban J connectivity index is 1.48. The van der Waals surface area contributed by atoms with E-state index in [1.165, 1.54) is 0 Å². The van der Waals surface area contributed by atoms with E-state index in [4.69, 9.17) is 9.47 Å². The highest BCUT2D eigenvalue weighted by molar-refractivity contribution is 6.03. The summed E-state index contributed by atoms with van der Waals surface area (Å²) >= 11 is 0. The van der Waals surface area contributed by atoms with Crippen molar-refractivity contribution in [1.82, 2.24) is 19.7 Å². The summed E-state index contributed by atoms with van der Waals surface area (Å²) in [6, 6.07) is 16.4. The van der Waals surface area contributed by atoms with Gasteiger partial charge in [-0.05, 0) is 62.4 Å². The predicted molar refractivity (Wildman–Crippen MR) is 140 cm³/mol. The standard InChI is InChI=1S/C26H29N7O3/c1-6-27-24-15-25(29-16(2)28-24)30-17-7-9-18(10-8-17)31-26(34)22-14-21(32-33(22)3)20-13-19(35-4)11-12-23(20)36-5/h7-15H,6H2,1-5H3,(H,31,34)(H2,27,28,29,30). The summed E-state index contributed by atoms with van der Waals surface area (Å²) in [6.07, 6.45) is 0. The molecule has 186 valence electrons. The van der Waals surface area contributed by atoms with E-state index in [1.807, 2.05) is 62.4 Å². The van der Waals surface area contributed by atoms with Crippen LogP contribution in [0.15, 0.2) is 54.6 Å². The van der Waals surface area contributed by atoms with E-state index in [2.05, 4.69) is 31.0 Å². The molecule has 0 unspecified atom stereocenters. The first kappa shape index (κ1) is 24.5. The molecule has 2 aromatic heterocycles. The van der Waals surface area contributed by atoms with Gasteiger partial charge in [-0.25, -0.2) is 9.97 Å². The quantitative estimate of drug-likeness (QED) is 0.313. The third-order valence-corrected chi connectivity index (χ3v) is 5.41. The van der Waals surface area contributed by atoms with Crippen molar-refractivity contribution in [3.63, 3.8) is 0 Å². The minimum atomic E-state index is -0.277. The van der Waals surface area contributed by atoms with E-state index in [0.717, 1.165) is 23.6 Å². The number of nitrogens with zero attached hydrogens (tertiary/aromatic N) is 4. The number of anilines is 4. The van der Waals surface area contributed by atoms with Crippen molar-refractivity contribution < 1.29 is 14.3 Å². The molecule has 0 saturated carbocycles. The zero-order chi connectivity index (χ0) is 25.7. The molecule has 4 rings (SSSR count). The number of aryl methyl sites for hydroxylation is 2. The molecule has 2 heterocycles. The molecule has 3 N–H and O–H groups in total. The maximum atomic E-state index is 13.0. The molecule has 0 spiro atoms. The summed E-state index contributed by atoms with van der Waals surface area (Å²) in [4.78, 5) is 21.8. The van der Waals surface area contributed by atoms with Gasteiger partial charge in [0.05, 0.1) is 19.9 Å². The Bertz CT molecular complexity index is 1370. The number of ether oxygens (including phenoxy) is 2. The molecule has 10 nitrogen and oxygen atoms in total. The van der Waals surface area contributed by atoms with Crippen molar-refractivity contribution in [1.29, 1.82) is 0 Å². The molecule has 2 aromatic carbocycles. The minimum Gasteiger partial charge on any atom is -0.497 e. The number of carbonyl (C=O) groups excluding carboxylic acids is 1. The normalized spacial score (nSPS) is 10.6. The molecule has 36 heavy (non-hydrogen) atoms. The van der Waals surface area contributed by atoms with Crippen LogP contribution in [-0.2, 0) is 7.05 Å². The van der Waals surface area contributed by atoms with Gasteiger partial charge in [-0.2, -0.15) is 5.10 Å². The zero-order valence-corrected chi connectivity index (χ0v) is 20.9. The van der Waals surface area contributed by atoms with Crippen LogP contribution in [0.25, 0.3) is 11.3 Å². The fourth-order valence-electron chi connectivity index (χ4n) is 3.71. The highest BCUT2D eigenvalue weighted by atomic mass is 16.5. The number of hydrogen-bond donors (Lipinski definition) is 3. The predicted octanol–water partition coefficient (Wildman–Crippen LogP) is 4.63. The Morgan fingerprint density at radius 2 is 1.67 bits per heavy atom. The first-order chi connectivity index (χ1) is 17.4. The minimum absolute atomic E-state index is 0.277. The van der Waals surface area contributed by atoms with Crippen LogP contribution in [0, 0.1) is 6.92 Å². The van der Waals surface area contributed by atoms with Gasteiger partial charge in [0.15, 0.2) is 0 Å².